The molecule has 1 saturated carbocycles. The minimum atomic E-state index is 0.197. The van der Waals surface area contributed by atoms with Crippen LogP contribution in [-0.4, -0.2) is 16.7 Å². The molecule has 0 unspecified atom stereocenters. The highest BCUT2D eigenvalue weighted by atomic mass is 35.5. The third-order valence-corrected chi connectivity index (χ3v) is 4.16. The van der Waals surface area contributed by atoms with Gasteiger partial charge in [0.05, 0.1) is 0 Å². The lowest BCUT2D eigenvalue weighted by Crippen LogP contribution is -2.41. The Labute approximate surface area is 118 Å². The van der Waals surface area contributed by atoms with E-state index in [0.717, 1.165) is 17.4 Å². The van der Waals surface area contributed by atoms with Gasteiger partial charge in [-0.25, -0.2) is 0 Å². The van der Waals surface area contributed by atoms with Gasteiger partial charge in [-0.05, 0) is 42.7 Å². The predicted molar refractivity (Wildman–Crippen MR) is 77.5 cm³/mol. The van der Waals surface area contributed by atoms with Crippen LogP contribution in [0.1, 0.15) is 24.8 Å². The average Bonchev–Trinajstić information content (AvgIpc) is 2.39. The van der Waals surface area contributed by atoms with E-state index in [2.05, 4.69) is 27.6 Å². The molecule has 0 saturated heterocycles. The van der Waals surface area contributed by atoms with Crippen molar-refractivity contribution in [3.05, 3.63) is 53.2 Å². The smallest absolute Gasteiger partial charge is 0.148 e. The second-order valence-electron chi connectivity index (χ2n) is 5.11. The highest BCUT2D eigenvalue weighted by Crippen LogP contribution is 2.44. The van der Waals surface area contributed by atoms with Crippen molar-refractivity contribution in [2.45, 2.75) is 24.7 Å². The van der Waals surface area contributed by atoms with Gasteiger partial charge >= 0.3 is 0 Å². The molecule has 1 fully saturated rings. The summed E-state index contributed by atoms with van der Waals surface area (Å²) in [4.78, 5) is 0. The van der Waals surface area contributed by atoms with Crippen LogP contribution >= 0.6 is 11.6 Å². The van der Waals surface area contributed by atoms with E-state index in [1.54, 1.807) is 6.20 Å². The molecule has 1 aliphatic rings. The highest BCUT2D eigenvalue weighted by molar-refractivity contribution is 6.30. The van der Waals surface area contributed by atoms with Crippen LogP contribution in [0.25, 0.3) is 0 Å². The minimum Gasteiger partial charge on any atom is -0.368 e. The maximum atomic E-state index is 6.11. The number of rotatable bonds is 4. The summed E-state index contributed by atoms with van der Waals surface area (Å²) in [6.07, 6.45) is 5.34. The number of nitrogens with one attached hydrogen (secondary N) is 1. The lowest BCUT2D eigenvalue weighted by atomic mass is 9.64. The van der Waals surface area contributed by atoms with Gasteiger partial charge in [-0.2, -0.15) is 5.10 Å². The molecule has 1 aromatic carbocycles. The standard InChI is InChI=1S/C15H16ClN3/c16-13-5-1-4-12(10-13)15(7-3-8-15)11-17-14-6-2-9-18-19-14/h1-2,4-6,9-10H,3,7-8,11H2,(H,17,19). The molecular formula is C15H16ClN3. The Morgan fingerprint density at radius 1 is 1.21 bits per heavy atom. The first-order valence-corrected chi connectivity index (χ1v) is 6.94. The van der Waals surface area contributed by atoms with Crippen LogP contribution in [0.4, 0.5) is 5.82 Å². The summed E-state index contributed by atoms with van der Waals surface area (Å²) in [5.41, 5.74) is 1.52. The van der Waals surface area contributed by atoms with E-state index in [4.69, 9.17) is 11.6 Å². The van der Waals surface area contributed by atoms with Gasteiger partial charge in [0.25, 0.3) is 0 Å². The first-order chi connectivity index (χ1) is 9.28. The molecule has 98 valence electrons. The van der Waals surface area contributed by atoms with Crippen LogP contribution in [0.5, 0.6) is 0 Å². The second kappa shape index (κ2) is 5.17. The molecule has 2 aromatic rings. The lowest BCUT2D eigenvalue weighted by Gasteiger charge is -2.42. The Hall–Kier alpha value is -1.61. The normalized spacial score (nSPS) is 16.7. The molecule has 0 amide bonds. The molecule has 1 N–H and O–H groups in total. The van der Waals surface area contributed by atoms with Crippen LogP contribution in [0.3, 0.4) is 0 Å². The molecule has 0 aliphatic heterocycles. The quantitative estimate of drug-likeness (QED) is 0.924. The zero-order valence-corrected chi connectivity index (χ0v) is 11.4. The van der Waals surface area contributed by atoms with Gasteiger partial charge in [0, 0.05) is 23.2 Å². The summed E-state index contributed by atoms with van der Waals surface area (Å²) < 4.78 is 0. The Morgan fingerprint density at radius 3 is 2.74 bits per heavy atom. The number of anilines is 1. The molecular weight excluding hydrogens is 258 g/mol. The predicted octanol–water partition coefficient (Wildman–Crippen LogP) is 3.66. The van der Waals surface area contributed by atoms with Gasteiger partial charge in [0.2, 0.25) is 0 Å². The van der Waals surface area contributed by atoms with Crippen molar-refractivity contribution in [2.75, 3.05) is 11.9 Å². The van der Waals surface area contributed by atoms with Crippen molar-refractivity contribution in [1.29, 1.82) is 0 Å². The number of aromatic nitrogens is 2. The monoisotopic (exact) mass is 273 g/mol. The van der Waals surface area contributed by atoms with Gasteiger partial charge in [0.15, 0.2) is 0 Å². The molecule has 0 radical (unpaired) electrons. The van der Waals surface area contributed by atoms with Crippen LogP contribution in [-0.2, 0) is 5.41 Å². The Bertz CT molecular complexity index is 552. The zero-order valence-electron chi connectivity index (χ0n) is 10.6. The SMILES string of the molecule is Clc1cccc(C2(CNc3cccnn3)CCC2)c1. The summed E-state index contributed by atoms with van der Waals surface area (Å²) in [6, 6.07) is 12.0. The summed E-state index contributed by atoms with van der Waals surface area (Å²) in [7, 11) is 0. The Morgan fingerprint density at radius 2 is 2.11 bits per heavy atom. The molecule has 19 heavy (non-hydrogen) atoms. The van der Waals surface area contributed by atoms with E-state index < -0.39 is 0 Å². The summed E-state index contributed by atoms with van der Waals surface area (Å²) in [5.74, 6) is 0.829. The zero-order chi connectivity index (χ0) is 13.1. The van der Waals surface area contributed by atoms with Crippen LogP contribution in [0, 0.1) is 0 Å². The molecule has 3 nitrogen and oxygen atoms in total. The van der Waals surface area contributed by atoms with Crippen molar-refractivity contribution in [2.24, 2.45) is 0 Å². The lowest BCUT2D eigenvalue weighted by molar-refractivity contribution is 0.260. The van der Waals surface area contributed by atoms with Crippen molar-refractivity contribution in [3.8, 4) is 0 Å². The van der Waals surface area contributed by atoms with E-state index >= 15 is 0 Å². The van der Waals surface area contributed by atoms with E-state index in [1.165, 1.54) is 24.8 Å². The summed E-state index contributed by atoms with van der Waals surface area (Å²) >= 11 is 6.11. The fraction of sp³-hybridized carbons (Fsp3) is 0.333. The van der Waals surface area contributed by atoms with E-state index in [0.29, 0.717) is 0 Å². The average molecular weight is 274 g/mol. The molecule has 0 spiro atoms. The molecule has 1 aromatic heterocycles. The van der Waals surface area contributed by atoms with Gasteiger partial charge in [-0.1, -0.05) is 30.2 Å². The number of hydrogen-bond donors (Lipinski definition) is 1. The first kappa shape index (κ1) is 12.4. The largest absolute Gasteiger partial charge is 0.368 e. The van der Waals surface area contributed by atoms with Crippen molar-refractivity contribution in [1.82, 2.24) is 10.2 Å². The van der Waals surface area contributed by atoms with Crippen molar-refractivity contribution >= 4 is 17.4 Å². The first-order valence-electron chi connectivity index (χ1n) is 6.56. The number of benzene rings is 1. The topological polar surface area (TPSA) is 37.8 Å². The fourth-order valence-corrected chi connectivity index (χ4v) is 2.84. The van der Waals surface area contributed by atoms with E-state index in [9.17, 15) is 0 Å². The Balaban J connectivity index is 1.77. The van der Waals surface area contributed by atoms with Gasteiger partial charge in [0.1, 0.15) is 5.82 Å². The second-order valence-corrected chi connectivity index (χ2v) is 5.54. The molecule has 1 aliphatic carbocycles. The van der Waals surface area contributed by atoms with E-state index in [-0.39, 0.29) is 5.41 Å². The van der Waals surface area contributed by atoms with Crippen molar-refractivity contribution < 1.29 is 0 Å². The third kappa shape index (κ3) is 2.56. The minimum absolute atomic E-state index is 0.197. The van der Waals surface area contributed by atoms with Crippen LogP contribution in [0.15, 0.2) is 42.6 Å². The van der Waals surface area contributed by atoms with Crippen LogP contribution in [0.2, 0.25) is 5.02 Å². The van der Waals surface area contributed by atoms with Crippen LogP contribution < -0.4 is 5.32 Å². The summed E-state index contributed by atoms with van der Waals surface area (Å²) in [6.45, 7) is 0.881. The van der Waals surface area contributed by atoms with E-state index in [1.807, 2.05) is 24.3 Å². The molecule has 4 heteroatoms. The number of hydrogen-bond acceptors (Lipinski definition) is 3. The van der Waals surface area contributed by atoms with Gasteiger partial charge < -0.3 is 5.32 Å². The molecule has 0 bridgehead atoms. The summed E-state index contributed by atoms with van der Waals surface area (Å²) in [5, 5.41) is 12.1. The van der Waals surface area contributed by atoms with Gasteiger partial charge in [-0.3, -0.25) is 0 Å². The van der Waals surface area contributed by atoms with Crippen molar-refractivity contribution in [3.63, 3.8) is 0 Å². The number of halogens is 1. The molecule has 3 rings (SSSR count). The maximum Gasteiger partial charge on any atom is 0.148 e. The molecule has 1 heterocycles. The Kier molecular flexibility index (Phi) is 3.38. The fourth-order valence-electron chi connectivity index (χ4n) is 2.64. The third-order valence-electron chi connectivity index (χ3n) is 3.93. The number of nitrogens with zero attached hydrogens (tertiary/aromatic N) is 2. The van der Waals surface area contributed by atoms with Gasteiger partial charge in [-0.15, -0.1) is 5.10 Å². The highest BCUT2D eigenvalue weighted by Gasteiger charge is 2.38. The molecule has 0 atom stereocenters. The maximum absolute atomic E-state index is 6.11.